The van der Waals surface area contributed by atoms with Crippen LogP contribution >= 0.6 is 0 Å². The van der Waals surface area contributed by atoms with Crippen molar-refractivity contribution in [1.82, 2.24) is 10.3 Å². The van der Waals surface area contributed by atoms with Gasteiger partial charge in [-0.15, -0.1) is 0 Å². The molecule has 152 valence electrons. The Kier molecular flexibility index (Phi) is 5.96. The number of esters is 1. The van der Waals surface area contributed by atoms with Crippen LogP contribution in [-0.2, 0) is 16.1 Å². The lowest BCUT2D eigenvalue weighted by Crippen LogP contribution is -2.30. The van der Waals surface area contributed by atoms with E-state index < -0.39 is 18.0 Å². The van der Waals surface area contributed by atoms with Gasteiger partial charge in [0.15, 0.2) is 11.9 Å². The van der Waals surface area contributed by atoms with Gasteiger partial charge in [-0.05, 0) is 45.9 Å². The number of hydrogen-bond acceptors (Lipinski definition) is 8. The molecule has 1 atom stereocenters. The summed E-state index contributed by atoms with van der Waals surface area (Å²) in [4.78, 5) is 24.5. The summed E-state index contributed by atoms with van der Waals surface area (Å²) in [6.07, 6.45) is -1.02. The molecule has 0 saturated heterocycles. The van der Waals surface area contributed by atoms with Gasteiger partial charge in [0, 0.05) is 6.07 Å². The third-order valence-electron chi connectivity index (χ3n) is 4.17. The van der Waals surface area contributed by atoms with Gasteiger partial charge in [0.05, 0.1) is 16.8 Å². The maximum Gasteiger partial charge on any atom is 0.339 e. The molecule has 0 spiro atoms. The molecule has 0 fully saturated rings. The number of hydrogen-bond donors (Lipinski definition) is 1. The van der Waals surface area contributed by atoms with E-state index >= 15 is 0 Å². The van der Waals surface area contributed by atoms with Crippen molar-refractivity contribution in [2.75, 3.05) is 5.32 Å². The molecule has 0 aliphatic heterocycles. The minimum Gasteiger partial charge on any atom is -0.489 e. The summed E-state index contributed by atoms with van der Waals surface area (Å²) in [6, 6.07) is 8.08. The lowest BCUT2D eigenvalue weighted by atomic mass is 10.2. The van der Waals surface area contributed by atoms with Gasteiger partial charge in [-0.3, -0.25) is 4.79 Å². The molecular weight excluding hydrogens is 378 g/mol. The fourth-order valence-corrected chi connectivity index (χ4v) is 2.51. The molecule has 1 unspecified atom stereocenters. The summed E-state index contributed by atoms with van der Waals surface area (Å²) in [7, 11) is 0. The zero-order valence-electron chi connectivity index (χ0n) is 16.5. The number of rotatable bonds is 7. The van der Waals surface area contributed by atoms with Crippen LogP contribution < -0.4 is 10.1 Å². The first kappa shape index (κ1) is 20.1. The lowest BCUT2D eigenvalue weighted by molar-refractivity contribution is -0.123. The standard InChI is InChI=1S/C20H21N3O6/c1-11-8-18(23-28-11)21-19(24)14(4)27-20(25)15-6-5-7-16(9-15)26-10-17-12(2)22-29-13(17)3/h5-9,14H,10H2,1-4H3,(H,21,23,24). The van der Waals surface area contributed by atoms with Crippen molar-refractivity contribution < 1.29 is 28.1 Å². The van der Waals surface area contributed by atoms with Crippen LogP contribution in [0.15, 0.2) is 39.4 Å². The molecule has 0 bridgehead atoms. The van der Waals surface area contributed by atoms with Gasteiger partial charge < -0.3 is 23.8 Å². The van der Waals surface area contributed by atoms with E-state index in [1.54, 1.807) is 44.2 Å². The van der Waals surface area contributed by atoms with E-state index in [1.807, 2.05) is 6.92 Å². The second-order valence-electron chi connectivity index (χ2n) is 6.48. The molecule has 0 radical (unpaired) electrons. The third kappa shape index (κ3) is 5.01. The highest BCUT2D eigenvalue weighted by atomic mass is 16.5. The predicted octanol–water partition coefficient (Wildman–Crippen LogP) is 3.35. The summed E-state index contributed by atoms with van der Waals surface area (Å²) in [5, 5.41) is 10.1. The molecule has 1 amide bonds. The van der Waals surface area contributed by atoms with Gasteiger partial charge in [-0.25, -0.2) is 4.79 Å². The fourth-order valence-electron chi connectivity index (χ4n) is 2.51. The van der Waals surface area contributed by atoms with E-state index in [0.29, 0.717) is 17.3 Å². The van der Waals surface area contributed by atoms with Crippen LogP contribution in [0.4, 0.5) is 5.82 Å². The van der Waals surface area contributed by atoms with Gasteiger partial charge in [-0.2, -0.15) is 0 Å². The van der Waals surface area contributed by atoms with E-state index in [4.69, 9.17) is 18.5 Å². The summed E-state index contributed by atoms with van der Waals surface area (Å²) < 4.78 is 20.9. The zero-order valence-corrected chi connectivity index (χ0v) is 16.5. The number of aryl methyl sites for hydroxylation is 3. The Labute approximate surface area is 166 Å². The molecular formula is C20H21N3O6. The van der Waals surface area contributed by atoms with Gasteiger partial charge in [0.1, 0.15) is 23.9 Å². The van der Waals surface area contributed by atoms with E-state index in [2.05, 4.69) is 15.6 Å². The molecule has 3 aromatic rings. The van der Waals surface area contributed by atoms with Crippen molar-refractivity contribution in [1.29, 1.82) is 0 Å². The molecule has 2 heterocycles. The Balaban J connectivity index is 1.59. The first-order chi connectivity index (χ1) is 13.8. The number of anilines is 1. The zero-order chi connectivity index (χ0) is 21.0. The van der Waals surface area contributed by atoms with Crippen molar-refractivity contribution in [2.45, 2.75) is 40.4 Å². The smallest absolute Gasteiger partial charge is 0.339 e. The Morgan fingerprint density at radius 3 is 2.59 bits per heavy atom. The third-order valence-corrected chi connectivity index (χ3v) is 4.17. The molecule has 0 aliphatic rings. The van der Waals surface area contributed by atoms with Gasteiger partial charge in [0.25, 0.3) is 5.91 Å². The maximum atomic E-state index is 12.4. The maximum absolute atomic E-state index is 12.4. The topological polar surface area (TPSA) is 117 Å². The van der Waals surface area contributed by atoms with Crippen LogP contribution in [-0.4, -0.2) is 28.3 Å². The summed E-state index contributed by atoms with van der Waals surface area (Å²) in [5.41, 5.74) is 1.87. The second-order valence-corrected chi connectivity index (χ2v) is 6.48. The van der Waals surface area contributed by atoms with Crippen LogP contribution in [0.3, 0.4) is 0 Å². The van der Waals surface area contributed by atoms with Crippen LogP contribution in [0.1, 0.15) is 40.1 Å². The number of aromatic nitrogens is 2. The van der Waals surface area contributed by atoms with Crippen molar-refractivity contribution in [2.24, 2.45) is 0 Å². The number of amides is 1. The van der Waals surface area contributed by atoms with Gasteiger partial charge >= 0.3 is 5.97 Å². The SMILES string of the molecule is Cc1cc(NC(=O)C(C)OC(=O)c2cccc(OCc3c(C)noc3C)c2)no1. The number of nitrogens with zero attached hydrogens (tertiary/aromatic N) is 2. The highest BCUT2D eigenvalue weighted by Gasteiger charge is 2.20. The molecule has 1 N–H and O–H groups in total. The Morgan fingerprint density at radius 1 is 1.14 bits per heavy atom. The number of carbonyl (C=O) groups is 2. The number of nitrogens with one attached hydrogen (secondary N) is 1. The Hall–Kier alpha value is -3.62. The first-order valence-electron chi connectivity index (χ1n) is 8.93. The number of benzene rings is 1. The number of carbonyl (C=O) groups excluding carboxylic acids is 2. The number of ether oxygens (including phenoxy) is 2. The normalized spacial score (nSPS) is 11.7. The highest BCUT2D eigenvalue weighted by Crippen LogP contribution is 2.19. The van der Waals surface area contributed by atoms with E-state index in [-0.39, 0.29) is 18.0 Å². The Bertz CT molecular complexity index is 1000. The predicted molar refractivity (Wildman–Crippen MR) is 101 cm³/mol. The van der Waals surface area contributed by atoms with Crippen LogP contribution in [0.2, 0.25) is 0 Å². The van der Waals surface area contributed by atoms with Crippen LogP contribution in [0, 0.1) is 20.8 Å². The van der Waals surface area contributed by atoms with E-state index in [0.717, 1.165) is 11.3 Å². The average Bonchev–Trinajstić information content (AvgIpc) is 3.25. The average molecular weight is 399 g/mol. The van der Waals surface area contributed by atoms with Gasteiger partial charge in [0.2, 0.25) is 0 Å². The fraction of sp³-hybridized carbons (Fsp3) is 0.300. The minimum absolute atomic E-state index is 0.255. The summed E-state index contributed by atoms with van der Waals surface area (Å²) in [5.74, 6) is 0.808. The van der Waals surface area contributed by atoms with E-state index in [9.17, 15) is 9.59 Å². The van der Waals surface area contributed by atoms with Crippen molar-refractivity contribution in [3.8, 4) is 5.75 Å². The van der Waals surface area contributed by atoms with Crippen LogP contribution in [0.25, 0.3) is 0 Å². The summed E-state index contributed by atoms with van der Waals surface area (Å²) >= 11 is 0. The highest BCUT2D eigenvalue weighted by molar-refractivity contribution is 5.96. The van der Waals surface area contributed by atoms with Crippen molar-refractivity contribution in [3.05, 3.63) is 58.7 Å². The van der Waals surface area contributed by atoms with Crippen molar-refractivity contribution >= 4 is 17.7 Å². The van der Waals surface area contributed by atoms with Crippen molar-refractivity contribution in [3.63, 3.8) is 0 Å². The van der Waals surface area contributed by atoms with Gasteiger partial charge in [-0.1, -0.05) is 16.4 Å². The molecule has 1 aromatic carbocycles. The molecule has 0 saturated carbocycles. The molecule has 9 heteroatoms. The molecule has 3 rings (SSSR count). The van der Waals surface area contributed by atoms with E-state index in [1.165, 1.54) is 6.92 Å². The second kappa shape index (κ2) is 8.59. The molecule has 2 aromatic heterocycles. The molecule has 29 heavy (non-hydrogen) atoms. The van der Waals surface area contributed by atoms with Crippen LogP contribution in [0.5, 0.6) is 5.75 Å². The lowest BCUT2D eigenvalue weighted by Gasteiger charge is -2.13. The minimum atomic E-state index is -1.02. The Morgan fingerprint density at radius 2 is 1.93 bits per heavy atom. The molecule has 0 aliphatic carbocycles. The monoisotopic (exact) mass is 399 g/mol. The quantitative estimate of drug-likeness (QED) is 0.601. The largest absolute Gasteiger partial charge is 0.489 e. The molecule has 9 nitrogen and oxygen atoms in total. The summed E-state index contributed by atoms with van der Waals surface area (Å²) in [6.45, 7) is 7.07. The first-order valence-corrected chi connectivity index (χ1v) is 8.93.